The summed E-state index contributed by atoms with van der Waals surface area (Å²) < 4.78 is 0. The van der Waals surface area contributed by atoms with Crippen molar-refractivity contribution in [3.8, 4) is 11.8 Å². The first-order valence-electron chi connectivity index (χ1n) is 6.66. The van der Waals surface area contributed by atoms with Gasteiger partial charge in [-0.15, -0.1) is 0 Å². The molecule has 0 fully saturated rings. The zero-order chi connectivity index (χ0) is 15.0. The van der Waals surface area contributed by atoms with Crippen LogP contribution in [-0.4, -0.2) is 46.6 Å². The smallest absolute Gasteiger partial charge is 0.255 e. The minimum Gasteiger partial charge on any atom is -0.396 e. The molecule has 0 aliphatic carbocycles. The lowest BCUT2D eigenvalue weighted by Crippen LogP contribution is -2.38. The molecule has 3 N–H and O–H groups in total. The van der Waals surface area contributed by atoms with E-state index in [0.29, 0.717) is 24.1 Å². The van der Waals surface area contributed by atoms with Crippen molar-refractivity contribution in [2.24, 2.45) is 5.73 Å². The number of hydrogen-bond donors (Lipinski definition) is 2. The number of carbonyl (C=O) groups is 1. The molecule has 108 valence electrons. The molecule has 0 radical (unpaired) electrons. The van der Waals surface area contributed by atoms with Crippen LogP contribution in [0.3, 0.4) is 0 Å². The van der Waals surface area contributed by atoms with Gasteiger partial charge in [-0.05, 0) is 26.3 Å². The number of hydrogen-bond acceptors (Lipinski definition) is 4. The van der Waals surface area contributed by atoms with Crippen LogP contribution in [0.25, 0.3) is 0 Å². The molecule has 0 bridgehead atoms. The number of rotatable bonds is 5. The largest absolute Gasteiger partial charge is 0.396 e. The summed E-state index contributed by atoms with van der Waals surface area (Å²) in [4.78, 5) is 18.3. The molecule has 1 heterocycles. The van der Waals surface area contributed by atoms with E-state index in [4.69, 9.17) is 10.8 Å². The molecule has 1 aromatic rings. The second kappa shape index (κ2) is 8.31. The third kappa shape index (κ3) is 4.34. The lowest BCUT2D eigenvalue weighted by atomic mass is 10.1. The third-order valence-electron chi connectivity index (χ3n) is 2.82. The van der Waals surface area contributed by atoms with Crippen LogP contribution in [-0.2, 0) is 0 Å². The van der Waals surface area contributed by atoms with E-state index >= 15 is 0 Å². The number of carbonyl (C=O) groups excluding carboxylic acids is 1. The maximum absolute atomic E-state index is 12.6. The molecule has 20 heavy (non-hydrogen) atoms. The monoisotopic (exact) mass is 275 g/mol. The summed E-state index contributed by atoms with van der Waals surface area (Å²) in [5.74, 6) is 5.51. The van der Waals surface area contributed by atoms with Gasteiger partial charge in [0.15, 0.2) is 0 Å². The van der Waals surface area contributed by atoms with Gasteiger partial charge < -0.3 is 15.7 Å². The number of amides is 1. The molecule has 5 nitrogen and oxygen atoms in total. The Hall–Kier alpha value is -1.90. The minimum absolute atomic E-state index is 0.0533. The highest BCUT2D eigenvalue weighted by molar-refractivity contribution is 5.96. The van der Waals surface area contributed by atoms with Crippen LogP contribution in [0.4, 0.5) is 0 Å². The van der Waals surface area contributed by atoms with E-state index < -0.39 is 0 Å². The van der Waals surface area contributed by atoms with Gasteiger partial charge in [0.25, 0.3) is 5.91 Å². The number of nitrogens with two attached hydrogens (primary N) is 1. The van der Waals surface area contributed by atoms with E-state index in [9.17, 15) is 4.79 Å². The fraction of sp³-hybridized carbons (Fsp3) is 0.467. The quantitative estimate of drug-likeness (QED) is 0.772. The van der Waals surface area contributed by atoms with Crippen LogP contribution in [0.15, 0.2) is 18.5 Å². The molecule has 0 saturated heterocycles. The molecular weight excluding hydrogens is 254 g/mol. The van der Waals surface area contributed by atoms with E-state index in [-0.39, 0.29) is 25.1 Å². The van der Waals surface area contributed by atoms with E-state index in [2.05, 4.69) is 16.8 Å². The lowest BCUT2D eigenvalue weighted by Gasteiger charge is -2.27. The Morgan fingerprint density at radius 2 is 2.30 bits per heavy atom. The van der Waals surface area contributed by atoms with Crippen molar-refractivity contribution in [3.63, 3.8) is 0 Å². The maximum Gasteiger partial charge on any atom is 0.255 e. The Morgan fingerprint density at radius 3 is 2.90 bits per heavy atom. The highest BCUT2D eigenvalue weighted by atomic mass is 16.3. The summed E-state index contributed by atoms with van der Waals surface area (Å²) in [7, 11) is 0. The van der Waals surface area contributed by atoms with Crippen LogP contribution in [0.5, 0.6) is 0 Å². The predicted octanol–water partition coefficient (Wildman–Crippen LogP) is 0.625. The van der Waals surface area contributed by atoms with Crippen molar-refractivity contribution in [3.05, 3.63) is 29.6 Å². The first-order valence-corrected chi connectivity index (χ1v) is 6.66. The average molecular weight is 275 g/mol. The summed E-state index contributed by atoms with van der Waals surface area (Å²) in [6.45, 7) is 4.70. The van der Waals surface area contributed by atoms with Crippen LogP contribution in [0.2, 0.25) is 0 Å². The SMILES string of the molecule is CC(C)N(CCCO)C(=O)c1ccncc1C#CCN. The van der Waals surface area contributed by atoms with Crippen LogP contribution in [0.1, 0.15) is 36.2 Å². The summed E-state index contributed by atoms with van der Waals surface area (Å²) in [6.07, 6.45) is 3.70. The van der Waals surface area contributed by atoms with Crippen molar-refractivity contribution >= 4 is 5.91 Å². The highest BCUT2D eigenvalue weighted by Crippen LogP contribution is 2.12. The van der Waals surface area contributed by atoms with Gasteiger partial charge in [-0.25, -0.2) is 0 Å². The molecular formula is C15H21N3O2. The first-order chi connectivity index (χ1) is 9.61. The van der Waals surface area contributed by atoms with Gasteiger partial charge >= 0.3 is 0 Å². The number of aromatic nitrogens is 1. The van der Waals surface area contributed by atoms with Crippen molar-refractivity contribution < 1.29 is 9.90 Å². The molecule has 0 unspecified atom stereocenters. The zero-order valence-electron chi connectivity index (χ0n) is 12.0. The van der Waals surface area contributed by atoms with Crippen LogP contribution < -0.4 is 5.73 Å². The lowest BCUT2D eigenvalue weighted by molar-refractivity contribution is 0.0692. The predicted molar refractivity (Wildman–Crippen MR) is 78.0 cm³/mol. The molecule has 5 heteroatoms. The maximum atomic E-state index is 12.6. The molecule has 0 aromatic carbocycles. The minimum atomic E-state index is -0.0998. The van der Waals surface area contributed by atoms with Gasteiger partial charge in [-0.3, -0.25) is 9.78 Å². The molecule has 1 aromatic heterocycles. The van der Waals surface area contributed by atoms with Crippen LogP contribution in [0, 0.1) is 11.8 Å². The molecule has 1 rings (SSSR count). The fourth-order valence-corrected chi connectivity index (χ4v) is 1.82. The molecule has 0 aliphatic rings. The Labute approximate surface area is 119 Å². The highest BCUT2D eigenvalue weighted by Gasteiger charge is 2.20. The fourth-order valence-electron chi connectivity index (χ4n) is 1.82. The van der Waals surface area contributed by atoms with Gasteiger partial charge in [0.1, 0.15) is 0 Å². The van der Waals surface area contributed by atoms with Gasteiger partial charge in [-0.1, -0.05) is 11.8 Å². The van der Waals surface area contributed by atoms with Crippen molar-refractivity contribution in [1.29, 1.82) is 0 Å². The standard InChI is InChI=1S/C15H21N3O2/c1-12(2)18(9-4-10-19)15(20)14-6-8-17-11-13(14)5-3-7-16/h6,8,11-12,19H,4,7,9-10,16H2,1-2H3. The second-order valence-corrected chi connectivity index (χ2v) is 4.60. The normalized spacial score (nSPS) is 10.1. The molecule has 0 saturated carbocycles. The number of aliphatic hydroxyl groups excluding tert-OH is 1. The first kappa shape index (κ1) is 16.2. The van der Waals surface area contributed by atoms with E-state index in [1.54, 1.807) is 23.4 Å². The van der Waals surface area contributed by atoms with Crippen LogP contribution >= 0.6 is 0 Å². The second-order valence-electron chi connectivity index (χ2n) is 4.60. The molecule has 0 atom stereocenters. The number of nitrogens with zero attached hydrogens (tertiary/aromatic N) is 2. The molecule has 0 aliphatic heterocycles. The number of aliphatic hydroxyl groups is 1. The van der Waals surface area contributed by atoms with Gasteiger partial charge in [0.05, 0.1) is 17.7 Å². The van der Waals surface area contributed by atoms with Gasteiger partial charge in [0, 0.05) is 31.6 Å². The zero-order valence-corrected chi connectivity index (χ0v) is 12.0. The summed E-state index contributed by atoms with van der Waals surface area (Å²) in [6, 6.07) is 1.72. The summed E-state index contributed by atoms with van der Waals surface area (Å²) >= 11 is 0. The van der Waals surface area contributed by atoms with E-state index in [1.807, 2.05) is 13.8 Å². The van der Waals surface area contributed by atoms with Gasteiger partial charge in [0.2, 0.25) is 0 Å². The van der Waals surface area contributed by atoms with Crippen molar-refractivity contribution in [2.45, 2.75) is 26.3 Å². The Morgan fingerprint density at radius 1 is 1.55 bits per heavy atom. The topological polar surface area (TPSA) is 79.5 Å². The van der Waals surface area contributed by atoms with Crippen molar-refractivity contribution in [2.75, 3.05) is 19.7 Å². The molecule has 1 amide bonds. The molecule has 0 spiro atoms. The Kier molecular flexibility index (Phi) is 6.71. The number of pyridine rings is 1. The van der Waals surface area contributed by atoms with Crippen molar-refractivity contribution in [1.82, 2.24) is 9.88 Å². The third-order valence-corrected chi connectivity index (χ3v) is 2.82. The van der Waals surface area contributed by atoms with E-state index in [0.717, 1.165) is 0 Å². The Balaban J connectivity index is 3.05. The van der Waals surface area contributed by atoms with Gasteiger partial charge in [-0.2, -0.15) is 0 Å². The Bertz CT molecular complexity index is 503. The average Bonchev–Trinajstić information content (AvgIpc) is 2.45. The summed E-state index contributed by atoms with van der Waals surface area (Å²) in [5.41, 5.74) is 6.46. The summed E-state index contributed by atoms with van der Waals surface area (Å²) in [5, 5.41) is 8.94. The van der Waals surface area contributed by atoms with E-state index in [1.165, 1.54) is 0 Å².